The van der Waals surface area contributed by atoms with Crippen LogP contribution >= 0.6 is 0 Å². The van der Waals surface area contributed by atoms with Crippen molar-refractivity contribution in [3.8, 4) is 5.75 Å². The first kappa shape index (κ1) is 10.5. The van der Waals surface area contributed by atoms with Gasteiger partial charge in [-0.25, -0.2) is 0 Å². The smallest absolute Gasteiger partial charge is 0.119 e. The Morgan fingerprint density at radius 3 is 2.93 bits per heavy atom. The average molecular weight is 207 g/mol. The molecule has 15 heavy (non-hydrogen) atoms. The Labute approximate surface area is 90.3 Å². The van der Waals surface area contributed by atoms with E-state index < -0.39 is 0 Å². The van der Waals surface area contributed by atoms with E-state index in [2.05, 4.69) is 17.6 Å². The highest BCUT2D eigenvalue weighted by molar-refractivity contribution is 5.39. The summed E-state index contributed by atoms with van der Waals surface area (Å²) in [4.78, 5) is 5.02. The lowest BCUT2D eigenvalue weighted by molar-refractivity contribution is 0.0550. The molecule has 0 saturated heterocycles. The highest BCUT2D eigenvalue weighted by Crippen LogP contribution is 2.32. The molecule has 0 bridgehead atoms. The Balaban J connectivity index is 2.30. The zero-order valence-corrected chi connectivity index (χ0v) is 9.25. The third-order valence-electron chi connectivity index (χ3n) is 2.93. The molecule has 1 aliphatic carbocycles. The van der Waals surface area contributed by atoms with Crippen molar-refractivity contribution in [1.29, 1.82) is 0 Å². The van der Waals surface area contributed by atoms with E-state index >= 15 is 0 Å². The standard InChI is InChI=1S/C12H17NO2/c1-14-10-7-6-9-4-3-5-12(13-15-2)11(9)8-10/h6-8,12-13H,3-5H2,1-2H3. The molecule has 82 valence electrons. The van der Waals surface area contributed by atoms with Crippen LogP contribution in [0.15, 0.2) is 18.2 Å². The summed E-state index contributed by atoms with van der Waals surface area (Å²) in [5.41, 5.74) is 5.74. The molecule has 1 unspecified atom stereocenters. The van der Waals surface area contributed by atoms with Gasteiger partial charge in [-0.3, -0.25) is 0 Å². The van der Waals surface area contributed by atoms with Crippen LogP contribution < -0.4 is 10.2 Å². The van der Waals surface area contributed by atoms with E-state index in [1.807, 2.05) is 6.07 Å². The quantitative estimate of drug-likeness (QED) is 0.771. The number of nitrogens with one attached hydrogen (secondary N) is 1. The predicted octanol–water partition coefficient (Wildman–Crippen LogP) is 2.22. The molecule has 1 aromatic carbocycles. The Hall–Kier alpha value is -1.06. The van der Waals surface area contributed by atoms with E-state index in [1.165, 1.54) is 17.5 Å². The molecule has 2 rings (SSSR count). The van der Waals surface area contributed by atoms with Crippen molar-refractivity contribution in [1.82, 2.24) is 5.48 Å². The van der Waals surface area contributed by atoms with Crippen molar-refractivity contribution in [2.45, 2.75) is 25.3 Å². The number of benzene rings is 1. The Morgan fingerprint density at radius 1 is 1.33 bits per heavy atom. The minimum atomic E-state index is 0.300. The fraction of sp³-hybridized carbons (Fsp3) is 0.500. The van der Waals surface area contributed by atoms with Crippen LogP contribution in [0.5, 0.6) is 5.75 Å². The fourth-order valence-corrected chi connectivity index (χ4v) is 2.17. The normalized spacial score (nSPS) is 19.7. The van der Waals surface area contributed by atoms with Gasteiger partial charge in [0.2, 0.25) is 0 Å². The number of methoxy groups -OCH3 is 1. The summed E-state index contributed by atoms with van der Waals surface area (Å²) in [7, 11) is 3.36. The summed E-state index contributed by atoms with van der Waals surface area (Å²) >= 11 is 0. The SMILES string of the molecule is CONC1CCCc2ccc(OC)cc21. The minimum absolute atomic E-state index is 0.300. The molecule has 1 aliphatic rings. The molecule has 0 radical (unpaired) electrons. The van der Waals surface area contributed by atoms with E-state index in [0.717, 1.165) is 18.6 Å². The van der Waals surface area contributed by atoms with Crippen molar-refractivity contribution in [2.24, 2.45) is 0 Å². The molecule has 3 heteroatoms. The van der Waals surface area contributed by atoms with Crippen LogP contribution in [0.2, 0.25) is 0 Å². The van der Waals surface area contributed by atoms with Crippen LogP contribution in [0.4, 0.5) is 0 Å². The topological polar surface area (TPSA) is 30.5 Å². The third kappa shape index (κ3) is 2.13. The largest absolute Gasteiger partial charge is 0.497 e. The van der Waals surface area contributed by atoms with Crippen LogP contribution in [0.1, 0.15) is 30.0 Å². The Morgan fingerprint density at radius 2 is 2.20 bits per heavy atom. The number of hydrogen-bond acceptors (Lipinski definition) is 3. The van der Waals surface area contributed by atoms with E-state index in [0.29, 0.717) is 6.04 Å². The van der Waals surface area contributed by atoms with E-state index in [1.54, 1.807) is 14.2 Å². The summed E-state index contributed by atoms with van der Waals surface area (Å²) in [6, 6.07) is 6.57. The first-order valence-electron chi connectivity index (χ1n) is 5.30. The molecule has 1 atom stereocenters. The summed E-state index contributed by atoms with van der Waals surface area (Å²) < 4.78 is 5.24. The van der Waals surface area contributed by atoms with Gasteiger partial charge in [0.15, 0.2) is 0 Å². The van der Waals surface area contributed by atoms with Gasteiger partial charge in [0, 0.05) is 0 Å². The van der Waals surface area contributed by atoms with Gasteiger partial charge in [0.05, 0.1) is 20.3 Å². The monoisotopic (exact) mass is 207 g/mol. The third-order valence-corrected chi connectivity index (χ3v) is 2.93. The highest BCUT2D eigenvalue weighted by Gasteiger charge is 2.20. The van der Waals surface area contributed by atoms with Crippen molar-refractivity contribution in [3.63, 3.8) is 0 Å². The first-order valence-corrected chi connectivity index (χ1v) is 5.30. The zero-order chi connectivity index (χ0) is 10.7. The molecular weight excluding hydrogens is 190 g/mol. The van der Waals surface area contributed by atoms with Gasteiger partial charge in [0.25, 0.3) is 0 Å². The van der Waals surface area contributed by atoms with E-state index in [9.17, 15) is 0 Å². The van der Waals surface area contributed by atoms with Crippen molar-refractivity contribution in [3.05, 3.63) is 29.3 Å². The van der Waals surface area contributed by atoms with Crippen molar-refractivity contribution in [2.75, 3.05) is 14.2 Å². The number of ether oxygens (including phenoxy) is 1. The molecule has 0 heterocycles. The molecule has 0 amide bonds. The number of hydroxylamine groups is 1. The first-order chi connectivity index (χ1) is 7.35. The molecule has 0 aliphatic heterocycles. The minimum Gasteiger partial charge on any atom is -0.497 e. The lowest BCUT2D eigenvalue weighted by Gasteiger charge is -2.25. The van der Waals surface area contributed by atoms with E-state index in [4.69, 9.17) is 9.57 Å². The fourth-order valence-electron chi connectivity index (χ4n) is 2.17. The molecule has 0 aromatic heterocycles. The average Bonchev–Trinajstić information content (AvgIpc) is 2.29. The van der Waals surface area contributed by atoms with Gasteiger partial charge < -0.3 is 9.57 Å². The Bertz CT molecular complexity index is 338. The van der Waals surface area contributed by atoms with Gasteiger partial charge in [-0.2, -0.15) is 5.48 Å². The number of fused-ring (bicyclic) bond motifs is 1. The molecule has 0 spiro atoms. The summed E-state index contributed by atoms with van der Waals surface area (Å²) in [6.45, 7) is 0. The van der Waals surface area contributed by atoms with Crippen LogP contribution in [0.25, 0.3) is 0 Å². The predicted molar refractivity (Wildman–Crippen MR) is 58.8 cm³/mol. The number of rotatable bonds is 3. The van der Waals surface area contributed by atoms with E-state index in [-0.39, 0.29) is 0 Å². The summed E-state index contributed by atoms with van der Waals surface area (Å²) in [5, 5.41) is 0. The van der Waals surface area contributed by atoms with Crippen LogP contribution in [0, 0.1) is 0 Å². The van der Waals surface area contributed by atoms with Gasteiger partial charge in [0.1, 0.15) is 5.75 Å². The van der Waals surface area contributed by atoms with Gasteiger partial charge in [-0.1, -0.05) is 6.07 Å². The highest BCUT2D eigenvalue weighted by atomic mass is 16.6. The maximum absolute atomic E-state index is 5.24. The molecule has 3 nitrogen and oxygen atoms in total. The lowest BCUT2D eigenvalue weighted by atomic mass is 9.88. The zero-order valence-electron chi connectivity index (χ0n) is 9.25. The van der Waals surface area contributed by atoms with Gasteiger partial charge in [-0.15, -0.1) is 0 Å². The second-order valence-corrected chi connectivity index (χ2v) is 3.83. The molecule has 0 saturated carbocycles. The van der Waals surface area contributed by atoms with Crippen molar-refractivity contribution < 1.29 is 9.57 Å². The van der Waals surface area contributed by atoms with Gasteiger partial charge >= 0.3 is 0 Å². The molecular formula is C12H17NO2. The molecule has 1 aromatic rings. The van der Waals surface area contributed by atoms with Crippen LogP contribution in [-0.2, 0) is 11.3 Å². The number of aryl methyl sites for hydroxylation is 1. The second kappa shape index (κ2) is 4.64. The Kier molecular flexibility index (Phi) is 3.23. The van der Waals surface area contributed by atoms with Gasteiger partial charge in [-0.05, 0) is 42.5 Å². The maximum Gasteiger partial charge on any atom is 0.119 e. The van der Waals surface area contributed by atoms with Crippen molar-refractivity contribution >= 4 is 0 Å². The van der Waals surface area contributed by atoms with Crippen LogP contribution in [-0.4, -0.2) is 14.2 Å². The molecule has 1 N–H and O–H groups in total. The maximum atomic E-state index is 5.24. The summed E-state index contributed by atoms with van der Waals surface area (Å²) in [6.07, 6.45) is 3.48. The second-order valence-electron chi connectivity index (χ2n) is 3.83. The number of hydrogen-bond donors (Lipinski definition) is 1. The lowest BCUT2D eigenvalue weighted by Crippen LogP contribution is -2.24. The summed E-state index contributed by atoms with van der Waals surface area (Å²) in [5.74, 6) is 0.915. The molecule has 0 fully saturated rings. The van der Waals surface area contributed by atoms with Crippen LogP contribution in [0.3, 0.4) is 0 Å².